The lowest BCUT2D eigenvalue weighted by Gasteiger charge is -2.27. The molecule has 0 bridgehead atoms. The van der Waals surface area contributed by atoms with E-state index in [1.165, 1.54) is 0 Å². The van der Waals surface area contributed by atoms with Gasteiger partial charge in [0.2, 0.25) is 6.79 Å². The summed E-state index contributed by atoms with van der Waals surface area (Å²) in [5.41, 5.74) is 1.04. The molecule has 38 heavy (non-hydrogen) atoms. The third-order valence-corrected chi connectivity index (χ3v) is 5.13. The minimum atomic E-state index is -0.596. The molecule has 0 aliphatic carbocycles. The molecule has 6 nitrogen and oxygen atoms in total. The summed E-state index contributed by atoms with van der Waals surface area (Å²) in [5.74, 6) is 1.47. The van der Waals surface area contributed by atoms with Crippen molar-refractivity contribution in [3.8, 4) is 17.2 Å². The van der Waals surface area contributed by atoms with Crippen LogP contribution in [0.4, 0.5) is 0 Å². The van der Waals surface area contributed by atoms with E-state index < -0.39 is 11.0 Å². The van der Waals surface area contributed by atoms with Crippen LogP contribution >= 0.6 is 0 Å². The summed E-state index contributed by atoms with van der Waals surface area (Å²) in [6.45, 7) is 19.3. The van der Waals surface area contributed by atoms with Gasteiger partial charge in [0, 0.05) is 17.2 Å². The third kappa shape index (κ3) is 10.2. The van der Waals surface area contributed by atoms with Crippen LogP contribution < -0.4 is 14.2 Å². The summed E-state index contributed by atoms with van der Waals surface area (Å²) in [4.78, 5) is 24.8. The van der Waals surface area contributed by atoms with Gasteiger partial charge in [0.25, 0.3) is 0 Å². The summed E-state index contributed by atoms with van der Waals surface area (Å²) in [7, 11) is 0. The van der Waals surface area contributed by atoms with E-state index >= 15 is 0 Å². The maximum atomic E-state index is 12.9. The van der Waals surface area contributed by atoms with Crippen molar-refractivity contribution in [2.24, 2.45) is 5.41 Å². The highest BCUT2D eigenvalue weighted by atomic mass is 16.7. The van der Waals surface area contributed by atoms with Gasteiger partial charge in [-0.1, -0.05) is 13.3 Å². The minimum absolute atomic E-state index is 0.149. The van der Waals surface area contributed by atoms with Gasteiger partial charge in [-0.25, -0.2) is 0 Å². The Hall–Kier alpha value is -3.28. The van der Waals surface area contributed by atoms with Gasteiger partial charge < -0.3 is 18.9 Å². The van der Waals surface area contributed by atoms with Gasteiger partial charge in [-0.3, -0.25) is 9.59 Å². The largest absolute Gasteiger partial charge is 0.488 e. The third-order valence-electron chi connectivity index (χ3n) is 5.13. The van der Waals surface area contributed by atoms with Crippen molar-refractivity contribution in [3.05, 3.63) is 59.2 Å². The number of rotatable bonds is 10. The van der Waals surface area contributed by atoms with E-state index in [9.17, 15) is 9.59 Å². The van der Waals surface area contributed by atoms with Gasteiger partial charge in [0.05, 0.1) is 5.41 Å². The second-order valence-electron chi connectivity index (χ2n) is 12.3. The Morgan fingerprint density at radius 3 is 1.92 bits per heavy atom. The highest BCUT2D eigenvalue weighted by molar-refractivity contribution is 6.07. The summed E-state index contributed by atoms with van der Waals surface area (Å²) >= 11 is 0. The molecular weight excluding hydrogens is 480 g/mol. The standard InChI is InChI=1S/C32H44O6/c1-11-12-23-19-24(28(38-32(8,9)10)20-27(23)37-31(5,6)7)15-18-26(33)22-13-16-25(17-14-22)35-21-36-29(34)30(2,3)4/h13-20H,11-12,21H2,1-10H3/b18-15+. The molecule has 0 unspecified atom stereocenters. The number of allylic oxidation sites excluding steroid dienone is 1. The van der Waals surface area contributed by atoms with Crippen LogP contribution in [-0.4, -0.2) is 29.7 Å². The molecular formula is C32H44O6. The molecule has 0 saturated carbocycles. The Morgan fingerprint density at radius 1 is 0.816 bits per heavy atom. The van der Waals surface area contributed by atoms with Crippen LogP contribution in [0.5, 0.6) is 17.2 Å². The maximum absolute atomic E-state index is 12.9. The molecule has 0 amide bonds. The van der Waals surface area contributed by atoms with Crippen molar-refractivity contribution in [3.63, 3.8) is 0 Å². The molecule has 0 heterocycles. The van der Waals surface area contributed by atoms with Crippen molar-refractivity contribution in [2.45, 2.75) is 93.3 Å². The first-order valence-electron chi connectivity index (χ1n) is 13.2. The smallest absolute Gasteiger partial charge is 0.314 e. The van der Waals surface area contributed by atoms with Crippen LogP contribution in [0.15, 0.2) is 42.5 Å². The SMILES string of the molecule is CCCc1cc(/C=C/C(=O)c2ccc(OCOC(=O)C(C)(C)C)cc2)c(OC(C)(C)C)cc1OC(C)(C)C. The number of carbonyl (C=O) groups is 2. The van der Waals surface area contributed by atoms with Crippen LogP contribution in [0.1, 0.15) is 97.1 Å². The first-order valence-corrected chi connectivity index (χ1v) is 13.2. The number of ether oxygens (including phenoxy) is 4. The average molecular weight is 525 g/mol. The fourth-order valence-corrected chi connectivity index (χ4v) is 3.41. The Balaban J connectivity index is 2.24. The highest BCUT2D eigenvalue weighted by Crippen LogP contribution is 2.35. The normalized spacial score (nSPS) is 12.4. The molecule has 2 aromatic rings. The van der Waals surface area contributed by atoms with Crippen LogP contribution in [0.2, 0.25) is 0 Å². The van der Waals surface area contributed by atoms with Gasteiger partial charge in [-0.05, 0) is 117 Å². The average Bonchev–Trinajstić information content (AvgIpc) is 2.77. The Morgan fingerprint density at radius 2 is 1.39 bits per heavy atom. The molecule has 0 radical (unpaired) electrons. The maximum Gasteiger partial charge on any atom is 0.314 e. The van der Waals surface area contributed by atoms with Crippen LogP contribution in [0, 0.1) is 5.41 Å². The first kappa shape index (κ1) is 30.9. The second kappa shape index (κ2) is 12.5. The van der Waals surface area contributed by atoms with E-state index in [1.807, 2.05) is 53.7 Å². The van der Waals surface area contributed by atoms with Crippen molar-refractivity contribution < 1.29 is 28.5 Å². The molecule has 2 aromatic carbocycles. The fraction of sp³-hybridized carbons (Fsp3) is 0.500. The summed E-state index contributed by atoms with van der Waals surface area (Å²) in [5, 5.41) is 0. The molecule has 0 atom stereocenters. The van der Waals surface area contributed by atoms with Gasteiger partial charge in [0.15, 0.2) is 5.78 Å². The van der Waals surface area contributed by atoms with Crippen molar-refractivity contribution in [2.75, 3.05) is 6.79 Å². The van der Waals surface area contributed by atoms with Crippen LogP contribution in [0.25, 0.3) is 6.08 Å². The number of esters is 1. The van der Waals surface area contributed by atoms with Gasteiger partial charge in [0.1, 0.15) is 28.5 Å². The highest BCUT2D eigenvalue weighted by Gasteiger charge is 2.23. The monoisotopic (exact) mass is 524 g/mol. The summed E-state index contributed by atoms with van der Waals surface area (Å²) in [6, 6.07) is 10.7. The molecule has 0 aromatic heterocycles. The summed E-state index contributed by atoms with van der Waals surface area (Å²) < 4.78 is 23.1. The van der Waals surface area contributed by atoms with Crippen molar-refractivity contribution in [1.29, 1.82) is 0 Å². The number of benzene rings is 2. The Bertz CT molecular complexity index is 1120. The van der Waals surface area contributed by atoms with Gasteiger partial charge in [-0.2, -0.15) is 0 Å². The van der Waals surface area contributed by atoms with Gasteiger partial charge >= 0.3 is 5.97 Å². The lowest BCUT2D eigenvalue weighted by molar-refractivity contribution is -0.159. The molecule has 208 valence electrons. The van der Waals surface area contributed by atoms with E-state index in [2.05, 4.69) is 6.92 Å². The molecule has 0 fully saturated rings. The van der Waals surface area contributed by atoms with Crippen molar-refractivity contribution >= 4 is 17.8 Å². The quantitative estimate of drug-likeness (QED) is 0.137. The number of ketones is 1. The zero-order chi connectivity index (χ0) is 28.7. The summed E-state index contributed by atoms with van der Waals surface area (Å²) in [6.07, 6.45) is 5.15. The Labute approximate surface area is 228 Å². The minimum Gasteiger partial charge on any atom is -0.488 e. The number of hydrogen-bond acceptors (Lipinski definition) is 6. The zero-order valence-corrected chi connectivity index (χ0v) is 24.7. The number of hydrogen-bond donors (Lipinski definition) is 0. The van der Waals surface area contributed by atoms with Crippen LogP contribution in [-0.2, 0) is 16.0 Å². The molecule has 0 aliphatic rings. The van der Waals surface area contributed by atoms with E-state index in [0.29, 0.717) is 17.1 Å². The number of aryl methyl sites for hydroxylation is 1. The lowest BCUT2D eigenvalue weighted by atomic mass is 9.98. The predicted molar refractivity (Wildman–Crippen MR) is 152 cm³/mol. The second-order valence-corrected chi connectivity index (χ2v) is 12.3. The molecule has 0 N–H and O–H groups in total. The fourth-order valence-electron chi connectivity index (χ4n) is 3.41. The van der Waals surface area contributed by atoms with Crippen LogP contribution in [0.3, 0.4) is 0 Å². The molecule has 0 aliphatic heterocycles. The number of carbonyl (C=O) groups excluding carboxylic acids is 2. The molecule has 0 saturated heterocycles. The molecule has 2 rings (SSSR count). The van der Waals surface area contributed by atoms with Gasteiger partial charge in [-0.15, -0.1) is 0 Å². The molecule has 0 spiro atoms. The predicted octanol–water partition coefficient (Wildman–Crippen LogP) is 7.82. The molecule has 6 heteroatoms. The van der Waals surface area contributed by atoms with E-state index in [-0.39, 0.29) is 24.1 Å². The first-order chi connectivity index (χ1) is 17.5. The van der Waals surface area contributed by atoms with E-state index in [1.54, 1.807) is 57.2 Å². The zero-order valence-electron chi connectivity index (χ0n) is 24.7. The lowest BCUT2D eigenvalue weighted by Crippen LogP contribution is -2.25. The van der Waals surface area contributed by atoms with E-state index in [4.69, 9.17) is 18.9 Å². The topological polar surface area (TPSA) is 71.1 Å². The Kier molecular flexibility index (Phi) is 10.2. The van der Waals surface area contributed by atoms with Crippen molar-refractivity contribution in [1.82, 2.24) is 0 Å². The van der Waals surface area contributed by atoms with E-state index in [0.717, 1.165) is 29.7 Å².